The molecule has 29 heavy (non-hydrogen) atoms. The normalized spacial score (nSPS) is 15.3. The number of nitrogens with zero attached hydrogens (tertiary/aromatic N) is 2. The summed E-state index contributed by atoms with van der Waals surface area (Å²) >= 11 is 0. The van der Waals surface area contributed by atoms with Gasteiger partial charge < -0.3 is 20.1 Å². The molecule has 164 valence electrons. The number of carbonyl (C=O) groups excluding carboxylic acids is 1. The van der Waals surface area contributed by atoms with Gasteiger partial charge in [-0.3, -0.25) is 14.7 Å². The number of guanidine groups is 1. The average Bonchev–Trinajstić information content (AvgIpc) is 3.26. The van der Waals surface area contributed by atoms with Crippen LogP contribution in [-0.4, -0.2) is 64.3 Å². The van der Waals surface area contributed by atoms with E-state index in [2.05, 4.69) is 37.4 Å². The maximum absolute atomic E-state index is 11.2. The fourth-order valence-electron chi connectivity index (χ4n) is 3.45. The molecule has 1 aliphatic rings. The molecule has 1 fully saturated rings. The van der Waals surface area contributed by atoms with E-state index in [4.69, 9.17) is 4.74 Å². The maximum atomic E-state index is 11.2. The monoisotopic (exact) mass is 518 g/mol. The quantitative estimate of drug-likeness (QED) is 0.163. The highest BCUT2D eigenvalue weighted by atomic mass is 127. The molecule has 0 radical (unpaired) electrons. The number of unbranched alkanes of at least 4 members (excludes halogenated alkanes) is 1. The number of halogens is 1. The largest absolute Gasteiger partial charge is 0.497 e. The van der Waals surface area contributed by atoms with Crippen LogP contribution in [0.4, 0.5) is 0 Å². The van der Waals surface area contributed by atoms with Gasteiger partial charge in [-0.15, -0.1) is 24.0 Å². The lowest BCUT2D eigenvalue weighted by molar-refractivity contribution is -0.140. The van der Waals surface area contributed by atoms with Crippen LogP contribution in [0.2, 0.25) is 0 Å². The number of hydrogen-bond donors (Lipinski definition) is 2. The fraction of sp³-hybridized carbons (Fsp3) is 0.619. The van der Waals surface area contributed by atoms with Crippen LogP contribution in [0.5, 0.6) is 5.75 Å². The second kappa shape index (κ2) is 14.4. The first-order valence-electron chi connectivity index (χ1n) is 10.1. The molecule has 1 aliphatic heterocycles. The first kappa shape index (κ1) is 25.5. The highest BCUT2D eigenvalue weighted by Gasteiger charge is 2.23. The summed E-state index contributed by atoms with van der Waals surface area (Å²) in [7, 11) is 4.89. The summed E-state index contributed by atoms with van der Waals surface area (Å²) in [6.45, 7) is 3.80. The van der Waals surface area contributed by atoms with Gasteiger partial charge in [0.1, 0.15) is 5.75 Å². The number of hydrogen-bond acceptors (Lipinski definition) is 5. The van der Waals surface area contributed by atoms with Crippen LogP contribution in [0.15, 0.2) is 29.3 Å². The van der Waals surface area contributed by atoms with E-state index in [0.29, 0.717) is 12.5 Å². The van der Waals surface area contributed by atoms with Gasteiger partial charge in [-0.2, -0.15) is 0 Å². The zero-order chi connectivity index (χ0) is 20.2. The minimum Gasteiger partial charge on any atom is -0.497 e. The molecule has 0 aliphatic carbocycles. The number of carbonyl (C=O) groups is 1. The Labute approximate surface area is 191 Å². The van der Waals surface area contributed by atoms with Crippen LogP contribution < -0.4 is 15.4 Å². The summed E-state index contributed by atoms with van der Waals surface area (Å²) in [4.78, 5) is 18.0. The molecule has 0 saturated carbocycles. The number of rotatable bonds is 10. The van der Waals surface area contributed by atoms with Gasteiger partial charge in [0.25, 0.3) is 0 Å². The molecule has 2 N–H and O–H groups in total. The summed E-state index contributed by atoms with van der Waals surface area (Å²) < 4.78 is 9.95. The Morgan fingerprint density at radius 2 is 1.83 bits per heavy atom. The average molecular weight is 518 g/mol. The first-order valence-corrected chi connectivity index (χ1v) is 10.1. The van der Waals surface area contributed by atoms with Gasteiger partial charge >= 0.3 is 5.97 Å². The highest BCUT2D eigenvalue weighted by molar-refractivity contribution is 14.0. The van der Waals surface area contributed by atoms with Crippen molar-refractivity contribution >= 4 is 35.9 Å². The summed E-state index contributed by atoms with van der Waals surface area (Å²) in [5.41, 5.74) is 1.28. The molecule has 0 spiro atoms. The van der Waals surface area contributed by atoms with Crippen LogP contribution in [0.3, 0.4) is 0 Å². The van der Waals surface area contributed by atoms with Crippen LogP contribution in [0, 0.1) is 0 Å². The third-order valence-electron chi connectivity index (χ3n) is 5.10. The molecule has 1 aromatic rings. The Bertz CT molecular complexity index is 619. The predicted octanol–water partition coefficient (Wildman–Crippen LogP) is 2.96. The molecule has 0 amide bonds. The van der Waals surface area contributed by atoms with Crippen molar-refractivity contribution in [3.63, 3.8) is 0 Å². The summed E-state index contributed by atoms with van der Waals surface area (Å²) in [5.74, 6) is 1.51. The van der Waals surface area contributed by atoms with E-state index in [1.807, 2.05) is 12.1 Å². The maximum Gasteiger partial charge on any atom is 0.305 e. The van der Waals surface area contributed by atoms with Gasteiger partial charge in [0, 0.05) is 26.6 Å². The van der Waals surface area contributed by atoms with E-state index in [-0.39, 0.29) is 29.9 Å². The molecule has 1 atom stereocenters. The predicted molar refractivity (Wildman–Crippen MR) is 127 cm³/mol. The van der Waals surface area contributed by atoms with Crippen molar-refractivity contribution in [2.45, 2.75) is 38.1 Å². The van der Waals surface area contributed by atoms with Crippen LogP contribution in [0.1, 0.15) is 43.7 Å². The molecule has 2 rings (SSSR count). The third kappa shape index (κ3) is 8.77. The van der Waals surface area contributed by atoms with Crippen LogP contribution >= 0.6 is 24.0 Å². The lowest BCUT2D eigenvalue weighted by Crippen LogP contribution is -2.43. The number of methoxy groups -OCH3 is 2. The summed E-state index contributed by atoms with van der Waals surface area (Å²) in [6, 6.07) is 8.63. The van der Waals surface area contributed by atoms with Gasteiger partial charge in [0.05, 0.1) is 20.3 Å². The van der Waals surface area contributed by atoms with E-state index in [1.54, 1.807) is 14.2 Å². The molecular formula is C21H35IN4O3. The fourth-order valence-corrected chi connectivity index (χ4v) is 3.45. The SMILES string of the molecule is CN=C(NCCCCC(=O)OC)NCC(c1ccc(OC)cc1)N1CCCC1.I. The first-order chi connectivity index (χ1) is 13.7. The summed E-state index contributed by atoms with van der Waals surface area (Å²) in [6.07, 6.45) is 4.65. The molecular weight excluding hydrogens is 483 g/mol. The second-order valence-corrected chi connectivity index (χ2v) is 6.95. The zero-order valence-corrected chi connectivity index (χ0v) is 20.1. The van der Waals surface area contributed by atoms with E-state index < -0.39 is 0 Å². The summed E-state index contributed by atoms with van der Waals surface area (Å²) in [5, 5.41) is 6.78. The van der Waals surface area contributed by atoms with Gasteiger partial charge in [-0.1, -0.05) is 12.1 Å². The standard InChI is InChI=1S/C21H34N4O3.HI/c1-22-21(23-13-5-4-8-20(26)28-3)24-16-19(25-14-6-7-15-25)17-9-11-18(27-2)12-10-17;/h9-12,19H,4-8,13-16H2,1-3H3,(H2,22,23,24);1H. The van der Waals surface area contributed by atoms with Crippen molar-refractivity contribution in [2.75, 3.05) is 47.4 Å². The number of esters is 1. The smallest absolute Gasteiger partial charge is 0.305 e. The number of aliphatic imine (C=N–C) groups is 1. The number of nitrogens with one attached hydrogen (secondary N) is 2. The number of ether oxygens (including phenoxy) is 2. The van der Waals surface area contributed by atoms with Crippen molar-refractivity contribution in [2.24, 2.45) is 4.99 Å². The molecule has 0 aromatic heterocycles. The Hall–Kier alpha value is -1.55. The van der Waals surface area contributed by atoms with E-state index in [9.17, 15) is 4.79 Å². The molecule has 1 aromatic carbocycles. The lowest BCUT2D eigenvalue weighted by Gasteiger charge is -2.29. The minimum atomic E-state index is -0.157. The van der Waals surface area contributed by atoms with Crippen molar-refractivity contribution in [1.82, 2.24) is 15.5 Å². The van der Waals surface area contributed by atoms with Crippen LogP contribution in [-0.2, 0) is 9.53 Å². The Balaban J connectivity index is 0.00000420. The molecule has 7 nitrogen and oxygen atoms in total. The molecule has 1 unspecified atom stereocenters. The van der Waals surface area contributed by atoms with Gasteiger partial charge in [-0.05, 0) is 56.5 Å². The zero-order valence-electron chi connectivity index (χ0n) is 17.8. The van der Waals surface area contributed by atoms with Crippen molar-refractivity contribution in [3.8, 4) is 5.75 Å². The van der Waals surface area contributed by atoms with Gasteiger partial charge in [-0.25, -0.2) is 0 Å². The van der Waals surface area contributed by atoms with Gasteiger partial charge in [0.2, 0.25) is 0 Å². The Morgan fingerprint density at radius 3 is 2.41 bits per heavy atom. The van der Waals surface area contributed by atoms with Gasteiger partial charge in [0.15, 0.2) is 5.96 Å². The molecule has 0 bridgehead atoms. The number of benzene rings is 1. The third-order valence-corrected chi connectivity index (χ3v) is 5.10. The molecule has 1 heterocycles. The van der Waals surface area contributed by atoms with Crippen LogP contribution in [0.25, 0.3) is 0 Å². The topological polar surface area (TPSA) is 75.2 Å². The highest BCUT2D eigenvalue weighted by Crippen LogP contribution is 2.26. The Kier molecular flexibility index (Phi) is 12.7. The second-order valence-electron chi connectivity index (χ2n) is 6.95. The van der Waals surface area contributed by atoms with E-state index in [0.717, 1.165) is 50.7 Å². The van der Waals surface area contributed by atoms with Crippen molar-refractivity contribution < 1.29 is 14.3 Å². The molecule has 1 saturated heterocycles. The van der Waals surface area contributed by atoms with E-state index in [1.165, 1.54) is 25.5 Å². The molecule has 8 heteroatoms. The Morgan fingerprint density at radius 1 is 1.14 bits per heavy atom. The van der Waals surface area contributed by atoms with Crippen molar-refractivity contribution in [1.29, 1.82) is 0 Å². The number of likely N-dealkylation sites (tertiary alicyclic amines) is 1. The van der Waals surface area contributed by atoms with E-state index >= 15 is 0 Å². The van der Waals surface area contributed by atoms with Crippen molar-refractivity contribution in [3.05, 3.63) is 29.8 Å². The minimum absolute atomic E-state index is 0. The lowest BCUT2D eigenvalue weighted by atomic mass is 10.1.